The van der Waals surface area contributed by atoms with E-state index in [1.165, 1.54) is 12.8 Å². The van der Waals surface area contributed by atoms with E-state index in [1.54, 1.807) is 6.20 Å². The molecule has 18 heavy (non-hydrogen) atoms. The molecule has 0 radical (unpaired) electrons. The largest absolute Gasteiger partial charge is 0.445 e. The van der Waals surface area contributed by atoms with Gasteiger partial charge in [-0.3, -0.25) is 4.90 Å². The summed E-state index contributed by atoms with van der Waals surface area (Å²) in [5.41, 5.74) is 0. The highest BCUT2D eigenvalue weighted by Crippen LogP contribution is 2.14. The molecular weight excluding hydrogens is 226 g/mol. The molecule has 1 fully saturated rings. The van der Waals surface area contributed by atoms with E-state index < -0.39 is 0 Å². The summed E-state index contributed by atoms with van der Waals surface area (Å²) in [7, 11) is 0. The third-order valence-corrected chi connectivity index (χ3v) is 3.87. The van der Waals surface area contributed by atoms with E-state index in [1.807, 2.05) is 6.92 Å². The van der Waals surface area contributed by atoms with Gasteiger partial charge < -0.3 is 9.73 Å². The maximum absolute atomic E-state index is 5.58. The molecule has 0 aliphatic carbocycles. The molecule has 1 aromatic rings. The van der Waals surface area contributed by atoms with E-state index >= 15 is 0 Å². The van der Waals surface area contributed by atoms with Crippen molar-refractivity contribution < 1.29 is 4.42 Å². The molecule has 1 aromatic heterocycles. The van der Waals surface area contributed by atoms with Crippen LogP contribution in [0.3, 0.4) is 0 Å². The molecule has 2 unspecified atom stereocenters. The Morgan fingerprint density at radius 3 is 3.11 bits per heavy atom. The van der Waals surface area contributed by atoms with Crippen molar-refractivity contribution >= 4 is 0 Å². The molecule has 2 rings (SSSR count). The van der Waals surface area contributed by atoms with Gasteiger partial charge in [-0.15, -0.1) is 0 Å². The fourth-order valence-electron chi connectivity index (χ4n) is 2.50. The highest BCUT2D eigenvalue weighted by atomic mass is 16.4. The SMILES string of the molecule is CCC(C)C1CN(Cc2ncc(C)o2)CCCN1. The molecule has 0 bridgehead atoms. The minimum Gasteiger partial charge on any atom is -0.445 e. The Labute approximate surface area is 110 Å². The second-order valence-corrected chi connectivity index (χ2v) is 5.40. The molecule has 1 aliphatic rings. The zero-order valence-electron chi connectivity index (χ0n) is 11.8. The predicted molar refractivity (Wildman–Crippen MR) is 72.4 cm³/mol. The lowest BCUT2D eigenvalue weighted by Gasteiger charge is -2.27. The second kappa shape index (κ2) is 6.34. The quantitative estimate of drug-likeness (QED) is 0.890. The van der Waals surface area contributed by atoms with Gasteiger partial charge in [0.05, 0.1) is 12.7 Å². The van der Waals surface area contributed by atoms with Crippen LogP contribution in [0.15, 0.2) is 10.6 Å². The molecule has 1 N–H and O–H groups in total. The second-order valence-electron chi connectivity index (χ2n) is 5.40. The molecule has 0 amide bonds. The maximum atomic E-state index is 5.58. The summed E-state index contributed by atoms with van der Waals surface area (Å²) < 4.78 is 5.58. The van der Waals surface area contributed by atoms with Crippen LogP contribution in [0.2, 0.25) is 0 Å². The van der Waals surface area contributed by atoms with Gasteiger partial charge in [0, 0.05) is 12.6 Å². The molecule has 4 nitrogen and oxygen atoms in total. The number of oxazole rings is 1. The van der Waals surface area contributed by atoms with Gasteiger partial charge in [-0.2, -0.15) is 0 Å². The summed E-state index contributed by atoms with van der Waals surface area (Å²) in [4.78, 5) is 6.76. The van der Waals surface area contributed by atoms with Gasteiger partial charge in [0.15, 0.2) is 0 Å². The van der Waals surface area contributed by atoms with Crippen molar-refractivity contribution in [2.24, 2.45) is 5.92 Å². The topological polar surface area (TPSA) is 41.3 Å². The average molecular weight is 251 g/mol. The lowest BCUT2D eigenvalue weighted by molar-refractivity contribution is 0.212. The van der Waals surface area contributed by atoms with Crippen molar-refractivity contribution in [3.63, 3.8) is 0 Å². The third kappa shape index (κ3) is 3.56. The highest BCUT2D eigenvalue weighted by Gasteiger charge is 2.22. The van der Waals surface area contributed by atoms with Gasteiger partial charge in [0.25, 0.3) is 0 Å². The maximum Gasteiger partial charge on any atom is 0.208 e. The standard InChI is InChI=1S/C14H25N3O/c1-4-11(2)13-9-17(7-5-6-15-13)10-14-16-8-12(3)18-14/h8,11,13,15H,4-7,9-10H2,1-3H3. The average Bonchev–Trinajstić information content (AvgIpc) is 2.64. The zero-order chi connectivity index (χ0) is 13.0. The van der Waals surface area contributed by atoms with Crippen LogP contribution in [-0.2, 0) is 6.54 Å². The molecule has 0 spiro atoms. The van der Waals surface area contributed by atoms with Crippen LogP contribution < -0.4 is 5.32 Å². The highest BCUT2D eigenvalue weighted by molar-refractivity contribution is 4.91. The predicted octanol–water partition coefficient (Wildman–Crippen LogP) is 2.19. The first-order valence-electron chi connectivity index (χ1n) is 7.06. The molecular formula is C14H25N3O. The minimum atomic E-state index is 0.591. The molecule has 4 heteroatoms. The first-order chi connectivity index (χ1) is 8.69. The molecule has 0 saturated carbocycles. The summed E-state index contributed by atoms with van der Waals surface area (Å²) in [6, 6.07) is 0.591. The van der Waals surface area contributed by atoms with E-state index in [4.69, 9.17) is 4.42 Å². The fourth-order valence-corrected chi connectivity index (χ4v) is 2.50. The normalized spacial score (nSPS) is 23.8. The van der Waals surface area contributed by atoms with Crippen LogP contribution in [0.5, 0.6) is 0 Å². The number of aryl methyl sites for hydroxylation is 1. The Morgan fingerprint density at radius 2 is 2.44 bits per heavy atom. The van der Waals surface area contributed by atoms with Crippen LogP contribution in [-0.4, -0.2) is 35.6 Å². The van der Waals surface area contributed by atoms with Gasteiger partial charge >= 0.3 is 0 Å². The van der Waals surface area contributed by atoms with Crippen LogP contribution >= 0.6 is 0 Å². The molecule has 0 aromatic carbocycles. The van der Waals surface area contributed by atoms with E-state index in [0.717, 1.165) is 43.7 Å². The van der Waals surface area contributed by atoms with Crippen molar-refractivity contribution in [1.82, 2.24) is 15.2 Å². The number of rotatable bonds is 4. The van der Waals surface area contributed by atoms with Crippen LogP contribution in [0, 0.1) is 12.8 Å². The Bertz CT molecular complexity index is 364. The van der Waals surface area contributed by atoms with Gasteiger partial charge in [0.2, 0.25) is 5.89 Å². The fraction of sp³-hybridized carbons (Fsp3) is 0.786. The van der Waals surface area contributed by atoms with E-state index in [0.29, 0.717) is 6.04 Å². The third-order valence-electron chi connectivity index (χ3n) is 3.87. The van der Waals surface area contributed by atoms with Crippen molar-refractivity contribution in [3.8, 4) is 0 Å². The van der Waals surface area contributed by atoms with Crippen molar-refractivity contribution in [1.29, 1.82) is 0 Å². The first-order valence-corrected chi connectivity index (χ1v) is 7.06. The minimum absolute atomic E-state index is 0.591. The number of nitrogens with zero attached hydrogens (tertiary/aromatic N) is 2. The van der Waals surface area contributed by atoms with Crippen molar-refractivity contribution in [2.45, 2.75) is 46.2 Å². The summed E-state index contributed by atoms with van der Waals surface area (Å²) in [5.74, 6) is 2.46. The summed E-state index contributed by atoms with van der Waals surface area (Å²) >= 11 is 0. The molecule has 2 heterocycles. The van der Waals surface area contributed by atoms with E-state index in [-0.39, 0.29) is 0 Å². The van der Waals surface area contributed by atoms with Gasteiger partial charge in [0.1, 0.15) is 5.76 Å². The lowest BCUT2D eigenvalue weighted by atomic mass is 9.99. The smallest absolute Gasteiger partial charge is 0.208 e. The summed E-state index contributed by atoms with van der Waals surface area (Å²) in [6.07, 6.45) is 4.23. The van der Waals surface area contributed by atoms with Gasteiger partial charge in [-0.25, -0.2) is 4.98 Å². The van der Waals surface area contributed by atoms with Crippen LogP contribution in [0.25, 0.3) is 0 Å². The number of hydrogen-bond donors (Lipinski definition) is 1. The van der Waals surface area contributed by atoms with Crippen molar-refractivity contribution in [3.05, 3.63) is 17.8 Å². The van der Waals surface area contributed by atoms with Gasteiger partial charge in [-0.05, 0) is 32.4 Å². The Morgan fingerprint density at radius 1 is 1.61 bits per heavy atom. The number of nitrogens with one attached hydrogen (secondary N) is 1. The molecule has 1 aliphatic heterocycles. The van der Waals surface area contributed by atoms with Crippen LogP contribution in [0.4, 0.5) is 0 Å². The van der Waals surface area contributed by atoms with E-state index in [9.17, 15) is 0 Å². The first kappa shape index (κ1) is 13.6. The Kier molecular flexibility index (Phi) is 4.78. The molecule has 2 atom stereocenters. The van der Waals surface area contributed by atoms with Crippen LogP contribution in [0.1, 0.15) is 38.3 Å². The summed E-state index contributed by atoms with van der Waals surface area (Å²) in [5, 5.41) is 3.66. The van der Waals surface area contributed by atoms with Gasteiger partial charge in [-0.1, -0.05) is 20.3 Å². The zero-order valence-corrected chi connectivity index (χ0v) is 11.8. The summed E-state index contributed by atoms with van der Waals surface area (Å²) in [6.45, 7) is 10.7. The monoisotopic (exact) mass is 251 g/mol. The van der Waals surface area contributed by atoms with E-state index in [2.05, 4.69) is 29.0 Å². The molecule has 102 valence electrons. The lowest BCUT2D eigenvalue weighted by Crippen LogP contribution is -2.41. The Balaban J connectivity index is 1.94. The Hall–Kier alpha value is -0.870. The number of aromatic nitrogens is 1. The molecule has 1 saturated heterocycles. The number of hydrogen-bond acceptors (Lipinski definition) is 4. The van der Waals surface area contributed by atoms with Crippen molar-refractivity contribution in [2.75, 3.05) is 19.6 Å².